The third kappa shape index (κ3) is 3.98. The minimum Gasteiger partial charge on any atom is -0.370 e. The summed E-state index contributed by atoms with van der Waals surface area (Å²) in [4.78, 5) is 26.6. The van der Waals surface area contributed by atoms with E-state index in [1.807, 2.05) is 14.1 Å². The highest BCUT2D eigenvalue weighted by atomic mass is 16.2. The van der Waals surface area contributed by atoms with Crippen molar-refractivity contribution >= 4 is 11.8 Å². The normalized spacial score (nSPS) is 22.6. The Balaban J connectivity index is 2.54. The average molecular weight is 242 g/mol. The van der Waals surface area contributed by atoms with Crippen LogP contribution in [0.25, 0.3) is 0 Å². The fourth-order valence-corrected chi connectivity index (χ4v) is 2.11. The number of carbonyl (C=O) groups is 2. The number of rotatable bonds is 4. The van der Waals surface area contributed by atoms with Crippen LogP contribution in [0.3, 0.4) is 0 Å². The molecule has 1 aliphatic rings. The van der Waals surface area contributed by atoms with Gasteiger partial charge in [0.25, 0.3) is 0 Å². The molecule has 0 spiro atoms. The van der Waals surface area contributed by atoms with Gasteiger partial charge in [0, 0.05) is 19.1 Å². The molecular weight excluding hydrogens is 220 g/mol. The molecule has 1 heterocycles. The molecule has 0 aromatic heterocycles. The second-order valence-corrected chi connectivity index (χ2v) is 4.82. The molecule has 1 saturated heterocycles. The number of primary amides is 1. The first-order valence-corrected chi connectivity index (χ1v) is 5.91. The van der Waals surface area contributed by atoms with E-state index in [0.29, 0.717) is 12.6 Å². The summed E-state index contributed by atoms with van der Waals surface area (Å²) in [6, 6.07) is -0.429. The first kappa shape index (κ1) is 13.9. The van der Waals surface area contributed by atoms with Gasteiger partial charge in [-0.1, -0.05) is 0 Å². The Morgan fingerprint density at radius 1 is 1.47 bits per heavy atom. The number of nitrogens with zero attached hydrogens (tertiary/aromatic N) is 2. The molecule has 4 N–H and O–H groups in total. The van der Waals surface area contributed by atoms with Gasteiger partial charge in [-0.15, -0.1) is 0 Å². The van der Waals surface area contributed by atoms with Crippen molar-refractivity contribution < 1.29 is 9.59 Å². The number of nitrogens with two attached hydrogens (primary N) is 2. The third-order valence-electron chi connectivity index (χ3n) is 3.18. The number of piperidine rings is 1. The maximum absolute atomic E-state index is 12.0. The molecule has 2 atom stereocenters. The molecule has 98 valence electrons. The molecule has 6 heteroatoms. The Morgan fingerprint density at radius 2 is 2.12 bits per heavy atom. The third-order valence-corrected chi connectivity index (χ3v) is 3.18. The number of hydrogen-bond acceptors (Lipinski definition) is 4. The van der Waals surface area contributed by atoms with Crippen molar-refractivity contribution in [3.63, 3.8) is 0 Å². The van der Waals surface area contributed by atoms with E-state index < -0.39 is 11.9 Å². The van der Waals surface area contributed by atoms with E-state index in [9.17, 15) is 9.59 Å². The van der Waals surface area contributed by atoms with E-state index in [2.05, 4.69) is 4.90 Å². The van der Waals surface area contributed by atoms with Crippen molar-refractivity contribution in [1.29, 1.82) is 0 Å². The quantitative estimate of drug-likeness (QED) is 0.643. The Kier molecular flexibility index (Phi) is 4.89. The van der Waals surface area contributed by atoms with E-state index in [-0.39, 0.29) is 12.3 Å². The molecule has 17 heavy (non-hydrogen) atoms. The number of carbonyl (C=O) groups excluding carboxylic acids is 2. The lowest BCUT2D eigenvalue weighted by Gasteiger charge is -2.37. The van der Waals surface area contributed by atoms with Gasteiger partial charge in [0.05, 0.1) is 12.5 Å². The molecule has 6 nitrogen and oxygen atoms in total. The summed E-state index contributed by atoms with van der Waals surface area (Å²) in [5.41, 5.74) is 10.7. The molecule has 1 aliphatic heterocycles. The summed E-state index contributed by atoms with van der Waals surface area (Å²) in [6.07, 6.45) is 1.97. The van der Waals surface area contributed by atoms with Crippen molar-refractivity contribution in [2.24, 2.45) is 11.5 Å². The van der Waals surface area contributed by atoms with Crippen LogP contribution in [0.1, 0.15) is 19.3 Å². The largest absolute Gasteiger partial charge is 0.370 e. The number of likely N-dealkylation sites (N-methyl/N-ethyl adjacent to an activating group) is 1. The van der Waals surface area contributed by atoms with Crippen LogP contribution in [-0.4, -0.2) is 60.9 Å². The monoisotopic (exact) mass is 242 g/mol. The summed E-state index contributed by atoms with van der Waals surface area (Å²) in [5.74, 6) is -0.706. The van der Waals surface area contributed by atoms with Crippen molar-refractivity contribution in [3.05, 3.63) is 0 Å². The van der Waals surface area contributed by atoms with E-state index >= 15 is 0 Å². The number of likely N-dealkylation sites (tertiary alicyclic amines) is 1. The van der Waals surface area contributed by atoms with Crippen molar-refractivity contribution in [3.8, 4) is 0 Å². The summed E-state index contributed by atoms with van der Waals surface area (Å²) >= 11 is 0. The Labute approximate surface area is 102 Å². The van der Waals surface area contributed by atoms with Gasteiger partial charge < -0.3 is 21.3 Å². The molecule has 1 rings (SSSR count). The predicted octanol–water partition coefficient (Wildman–Crippen LogP) is -1.26. The Morgan fingerprint density at radius 3 is 2.65 bits per heavy atom. The maximum atomic E-state index is 12.0. The molecule has 0 saturated carbocycles. The van der Waals surface area contributed by atoms with Gasteiger partial charge in [-0.05, 0) is 26.9 Å². The highest BCUT2D eigenvalue weighted by Gasteiger charge is 2.28. The van der Waals surface area contributed by atoms with Crippen molar-refractivity contribution in [1.82, 2.24) is 9.80 Å². The summed E-state index contributed by atoms with van der Waals surface area (Å²) in [6.45, 7) is 1.40. The zero-order valence-electron chi connectivity index (χ0n) is 10.6. The van der Waals surface area contributed by atoms with Gasteiger partial charge in [-0.25, -0.2) is 0 Å². The zero-order chi connectivity index (χ0) is 13.0. The number of amides is 2. The minimum absolute atomic E-state index is 0.0814. The van der Waals surface area contributed by atoms with Gasteiger partial charge in [0.1, 0.15) is 0 Å². The molecule has 0 aromatic rings. The Bertz CT molecular complexity index is 293. The standard InChI is InChI=1S/C11H22N4O2/c1-14(2)8-4-3-5-15(7-8)11(17)9(12)6-10(13)16/h8-9H,3-7,12H2,1-2H3,(H2,13,16). The van der Waals surface area contributed by atoms with Crippen LogP contribution >= 0.6 is 0 Å². The second-order valence-electron chi connectivity index (χ2n) is 4.82. The van der Waals surface area contributed by atoms with Crippen LogP contribution in [-0.2, 0) is 9.59 Å². The van der Waals surface area contributed by atoms with Gasteiger partial charge >= 0.3 is 0 Å². The first-order chi connectivity index (χ1) is 7.91. The molecule has 2 unspecified atom stereocenters. The van der Waals surface area contributed by atoms with Gasteiger partial charge in [-0.2, -0.15) is 0 Å². The lowest BCUT2D eigenvalue weighted by Crippen LogP contribution is -2.52. The fraction of sp³-hybridized carbons (Fsp3) is 0.818. The molecule has 0 aliphatic carbocycles. The lowest BCUT2D eigenvalue weighted by molar-refractivity contribution is -0.136. The van der Waals surface area contributed by atoms with Crippen LogP contribution < -0.4 is 11.5 Å². The van der Waals surface area contributed by atoms with Crippen molar-refractivity contribution in [2.45, 2.75) is 31.3 Å². The molecule has 2 amide bonds. The van der Waals surface area contributed by atoms with E-state index in [0.717, 1.165) is 19.4 Å². The van der Waals surface area contributed by atoms with Gasteiger partial charge in [0.15, 0.2) is 0 Å². The minimum atomic E-state index is -0.798. The highest BCUT2D eigenvalue weighted by molar-refractivity contribution is 5.87. The molecule has 0 aromatic carbocycles. The highest BCUT2D eigenvalue weighted by Crippen LogP contribution is 2.14. The first-order valence-electron chi connectivity index (χ1n) is 5.91. The second kappa shape index (κ2) is 5.97. The maximum Gasteiger partial charge on any atom is 0.240 e. The van der Waals surface area contributed by atoms with Gasteiger partial charge in [-0.3, -0.25) is 9.59 Å². The summed E-state index contributed by atoms with van der Waals surface area (Å²) < 4.78 is 0. The fourth-order valence-electron chi connectivity index (χ4n) is 2.11. The summed E-state index contributed by atoms with van der Waals surface area (Å²) in [7, 11) is 4.00. The van der Waals surface area contributed by atoms with Crippen molar-refractivity contribution in [2.75, 3.05) is 27.2 Å². The molecular formula is C11H22N4O2. The SMILES string of the molecule is CN(C)C1CCCN(C(=O)C(N)CC(N)=O)C1. The molecule has 0 bridgehead atoms. The molecule has 1 fully saturated rings. The van der Waals surface area contributed by atoms with Crippen LogP contribution in [0.2, 0.25) is 0 Å². The van der Waals surface area contributed by atoms with Crippen LogP contribution in [0.5, 0.6) is 0 Å². The van der Waals surface area contributed by atoms with Crippen LogP contribution in [0.4, 0.5) is 0 Å². The Hall–Kier alpha value is -1.14. The van der Waals surface area contributed by atoms with E-state index in [1.54, 1.807) is 4.90 Å². The summed E-state index contributed by atoms with van der Waals surface area (Å²) in [5, 5.41) is 0. The lowest BCUT2D eigenvalue weighted by atomic mass is 10.0. The van der Waals surface area contributed by atoms with E-state index in [1.165, 1.54) is 0 Å². The van der Waals surface area contributed by atoms with Crippen LogP contribution in [0, 0.1) is 0 Å². The number of hydrogen-bond donors (Lipinski definition) is 2. The van der Waals surface area contributed by atoms with Crippen LogP contribution in [0.15, 0.2) is 0 Å². The smallest absolute Gasteiger partial charge is 0.240 e. The van der Waals surface area contributed by atoms with Gasteiger partial charge in [0.2, 0.25) is 11.8 Å². The molecule has 0 radical (unpaired) electrons. The van der Waals surface area contributed by atoms with E-state index in [4.69, 9.17) is 11.5 Å². The average Bonchev–Trinajstić information content (AvgIpc) is 2.27. The predicted molar refractivity (Wildman–Crippen MR) is 65.1 cm³/mol. The topological polar surface area (TPSA) is 92.7 Å². The zero-order valence-corrected chi connectivity index (χ0v) is 10.6.